The molecular formula is C23H28BrN5O4. The summed E-state index contributed by atoms with van der Waals surface area (Å²) >= 11 is 3.36. The summed E-state index contributed by atoms with van der Waals surface area (Å²) in [7, 11) is 0. The zero-order valence-electron chi connectivity index (χ0n) is 18.1. The summed E-state index contributed by atoms with van der Waals surface area (Å²) in [6.45, 7) is 0. The van der Waals surface area contributed by atoms with E-state index in [0.29, 0.717) is 30.6 Å². The highest BCUT2D eigenvalue weighted by molar-refractivity contribution is 9.10. The summed E-state index contributed by atoms with van der Waals surface area (Å²) in [6, 6.07) is 13.0. The van der Waals surface area contributed by atoms with Crippen molar-refractivity contribution < 1.29 is 19.2 Å². The topological polar surface area (TPSA) is 156 Å². The van der Waals surface area contributed by atoms with Gasteiger partial charge in [-0.05, 0) is 43.2 Å². The molecule has 0 radical (unpaired) electrons. The molecule has 10 heteroatoms. The van der Waals surface area contributed by atoms with Gasteiger partial charge in [0.05, 0.1) is 23.8 Å². The lowest BCUT2D eigenvalue weighted by atomic mass is 10.1. The SMILES string of the molecule is NC(=O)C[C@H](N)C(=O)Nc1ccccc1NC(=O)CCCCCC(=O)Nc1cccc(Br)c1. The van der Waals surface area contributed by atoms with Crippen LogP contribution in [0.5, 0.6) is 0 Å². The summed E-state index contributed by atoms with van der Waals surface area (Å²) in [5.74, 6) is -1.53. The smallest absolute Gasteiger partial charge is 0.241 e. The molecule has 2 aromatic carbocycles. The Morgan fingerprint density at radius 2 is 1.42 bits per heavy atom. The molecule has 0 aromatic heterocycles. The number of carbonyl (C=O) groups is 4. The number of halogens is 1. The van der Waals surface area contributed by atoms with Crippen molar-refractivity contribution in [3.8, 4) is 0 Å². The number of hydrogen-bond acceptors (Lipinski definition) is 5. The predicted octanol–water partition coefficient (Wildman–Crippen LogP) is 3.12. The van der Waals surface area contributed by atoms with Gasteiger partial charge >= 0.3 is 0 Å². The third-order valence-electron chi connectivity index (χ3n) is 4.63. The second-order valence-corrected chi connectivity index (χ2v) is 8.39. The van der Waals surface area contributed by atoms with Crippen molar-refractivity contribution in [2.75, 3.05) is 16.0 Å². The number of unbranched alkanes of at least 4 members (excludes halogenated alkanes) is 2. The molecule has 0 bridgehead atoms. The highest BCUT2D eigenvalue weighted by Gasteiger charge is 2.17. The minimum absolute atomic E-state index is 0.0724. The average Bonchev–Trinajstić information content (AvgIpc) is 2.74. The van der Waals surface area contributed by atoms with Crippen molar-refractivity contribution in [2.24, 2.45) is 11.5 Å². The van der Waals surface area contributed by atoms with E-state index in [1.54, 1.807) is 24.3 Å². The van der Waals surface area contributed by atoms with Gasteiger partial charge in [0, 0.05) is 23.0 Å². The minimum Gasteiger partial charge on any atom is -0.370 e. The first-order valence-corrected chi connectivity index (χ1v) is 11.3. The molecule has 176 valence electrons. The highest BCUT2D eigenvalue weighted by Crippen LogP contribution is 2.22. The van der Waals surface area contributed by atoms with Crippen LogP contribution in [0.15, 0.2) is 53.0 Å². The molecule has 0 heterocycles. The van der Waals surface area contributed by atoms with Crippen LogP contribution in [0.4, 0.5) is 17.1 Å². The van der Waals surface area contributed by atoms with Gasteiger partial charge in [0.25, 0.3) is 0 Å². The number of hydrogen-bond donors (Lipinski definition) is 5. The van der Waals surface area contributed by atoms with Gasteiger partial charge in [-0.25, -0.2) is 0 Å². The zero-order chi connectivity index (χ0) is 24.2. The molecule has 0 unspecified atom stereocenters. The minimum atomic E-state index is -1.08. The van der Waals surface area contributed by atoms with E-state index in [-0.39, 0.29) is 24.7 Å². The number of benzene rings is 2. The maximum Gasteiger partial charge on any atom is 0.241 e. The largest absolute Gasteiger partial charge is 0.370 e. The molecule has 0 aliphatic rings. The first-order valence-electron chi connectivity index (χ1n) is 10.5. The third kappa shape index (κ3) is 9.84. The Balaban J connectivity index is 1.72. The van der Waals surface area contributed by atoms with Crippen molar-refractivity contribution in [2.45, 2.75) is 44.6 Å². The zero-order valence-corrected chi connectivity index (χ0v) is 19.7. The number of amides is 4. The van der Waals surface area contributed by atoms with Crippen LogP contribution in [-0.2, 0) is 19.2 Å². The van der Waals surface area contributed by atoms with Gasteiger partial charge in [-0.3, -0.25) is 19.2 Å². The predicted molar refractivity (Wildman–Crippen MR) is 131 cm³/mol. The van der Waals surface area contributed by atoms with E-state index < -0.39 is 17.9 Å². The summed E-state index contributed by atoms with van der Waals surface area (Å²) in [5.41, 5.74) is 12.2. The summed E-state index contributed by atoms with van der Waals surface area (Å²) in [4.78, 5) is 47.4. The van der Waals surface area contributed by atoms with E-state index in [2.05, 4.69) is 31.9 Å². The lowest BCUT2D eigenvalue weighted by Crippen LogP contribution is -2.39. The summed E-state index contributed by atoms with van der Waals surface area (Å²) in [6.07, 6.45) is 2.37. The van der Waals surface area contributed by atoms with E-state index >= 15 is 0 Å². The molecule has 0 spiro atoms. The lowest BCUT2D eigenvalue weighted by molar-refractivity contribution is -0.123. The Morgan fingerprint density at radius 3 is 2.03 bits per heavy atom. The van der Waals surface area contributed by atoms with Gasteiger partial charge in [-0.2, -0.15) is 0 Å². The second-order valence-electron chi connectivity index (χ2n) is 7.48. The number of carbonyl (C=O) groups excluding carboxylic acids is 4. The Labute approximate surface area is 200 Å². The molecule has 0 aliphatic carbocycles. The van der Waals surface area contributed by atoms with Crippen LogP contribution in [-0.4, -0.2) is 29.7 Å². The number of primary amides is 1. The summed E-state index contributed by atoms with van der Waals surface area (Å²) in [5, 5.41) is 8.20. The first-order chi connectivity index (χ1) is 15.7. The van der Waals surface area contributed by atoms with Crippen LogP contribution in [0.1, 0.15) is 38.5 Å². The van der Waals surface area contributed by atoms with Crippen LogP contribution in [0.25, 0.3) is 0 Å². The van der Waals surface area contributed by atoms with Gasteiger partial charge in [0.1, 0.15) is 0 Å². The van der Waals surface area contributed by atoms with Crippen molar-refractivity contribution in [3.05, 3.63) is 53.0 Å². The normalized spacial score (nSPS) is 11.3. The standard InChI is InChI=1S/C23H28BrN5O4/c24-15-7-6-8-16(13-15)27-21(31)11-2-1-3-12-22(32)28-18-9-4-5-10-19(18)29-23(33)17(25)14-20(26)30/h4-10,13,17H,1-3,11-12,14,25H2,(H2,26,30)(H,27,31)(H,28,32)(H,29,33)/t17-/m0/s1. The Kier molecular flexibility index (Phi) is 10.5. The molecule has 0 saturated carbocycles. The van der Waals surface area contributed by atoms with Crippen LogP contribution in [0.2, 0.25) is 0 Å². The number of para-hydroxylation sites is 2. The fourth-order valence-corrected chi connectivity index (χ4v) is 3.39. The lowest BCUT2D eigenvalue weighted by Gasteiger charge is -2.14. The molecule has 2 aromatic rings. The summed E-state index contributed by atoms with van der Waals surface area (Å²) < 4.78 is 0.890. The second kappa shape index (κ2) is 13.3. The Bertz CT molecular complexity index is 998. The third-order valence-corrected chi connectivity index (χ3v) is 5.13. The number of rotatable bonds is 12. The molecular weight excluding hydrogens is 490 g/mol. The molecule has 7 N–H and O–H groups in total. The van der Waals surface area contributed by atoms with Gasteiger partial charge in [0.2, 0.25) is 23.6 Å². The molecule has 9 nitrogen and oxygen atoms in total. The fourth-order valence-electron chi connectivity index (χ4n) is 2.99. The molecule has 2 rings (SSSR count). The van der Waals surface area contributed by atoms with Gasteiger partial charge in [0.15, 0.2) is 0 Å². The monoisotopic (exact) mass is 517 g/mol. The first kappa shape index (κ1) is 26.0. The molecule has 1 atom stereocenters. The molecule has 0 saturated heterocycles. The number of anilines is 3. The van der Waals surface area contributed by atoms with Crippen molar-refractivity contribution >= 4 is 56.6 Å². The van der Waals surface area contributed by atoms with Crippen molar-refractivity contribution in [1.82, 2.24) is 0 Å². The molecule has 0 aliphatic heterocycles. The van der Waals surface area contributed by atoms with Gasteiger partial charge < -0.3 is 27.4 Å². The van der Waals surface area contributed by atoms with E-state index in [9.17, 15) is 19.2 Å². The van der Waals surface area contributed by atoms with E-state index in [4.69, 9.17) is 11.5 Å². The van der Waals surface area contributed by atoms with E-state index in [1.165, 1.54) is 0 Å². The Hall–Kier alpha value is -3.24. The van der Waals surface area contributed by atoms with E-state index in [0.717, 1.165) is 16.6 Å². The van der Waals surface area contributed by atoms with Crippen molar-refractivity contribution in [3.63, 3.8) is 0 Å². The van der Waals surface area contributed by atoms with Crippen LogP contribution in [0, 0.1) is 0 Å². The van der Waals surface area contributed by atoms with Crippen LogP contribution < -0.4 is 27.4 Å². The fraction of sp³-hybridized carbons (Fsp3) is 0.304. The van der Waals surface area contributed by atoms with Gasteiger partial charge in [-0.1, -0.05) is 40.5 Å². The van der Waals surface area contributed by atoms with Crippen molar-refractivity contribution in [1.29, 1.82) is 0 Å². The highest BCUT2D eigenvalue weighted by atomic mass is 79.9. The molecule has 33 heavy (non-hydrogen) atoms. The average molecular weight is 518 g/mol. The van der Waals surface area contributed by atoms with Crippen LogP contribution >= 0.6 is 15.9 Å². The number of nitrogens with two attached hydrogens (primary N) is 2. The maximum absolute atomic E-state index is 12.3. The van der Waals surface area contributed by atoms with E-state index in [1.807, 2.05) is 24.3 Å². The maximum atomic E-state index is 12.3. The molecule has 0 fully saturated rings. The Morgan fingerprint density at radius 1 is 0.818 bits per heavy atom. The quantitative estimate of drug-likeness (QED) is 0.273. The van der Waals surface area contributed by atoms with Crippen LogP contribution in [0.3, 0.4) is 0 Å². The number of nitrogens with one attached hydrogen (secondary N) is 3. The van der Waals surface area contributed by atoms with Gasteiger partial charge in [-0.15, -0.1) is 0 Å². The molecule has 4 amide bonds.